The van der Waals surface area contributed by atoms with E-state index in [-0.39, 0.29) is 18.4 Å². The molecule has 0 spiro atoms. The van der Waals surface area contributed by atoms with Gasteiger partial charge < -0.3 is 20.1 Å². The van der Waals surface area contributed by atoms with Gasteiger partial charge in [-0.05, 0) is 78.2 Å². The molecule has 0 radical (unpaired) electrons. The summed E-state index contributed by atoms with van der Waals surface area (Å²) in [5.41, 5.74) is 3.27. The van der Waals surface area contributed by atoms with Crippen LogP contribution in [0.25, 0.3) is 0 Å². The summed E-state index contributed by atoms with van der Waals surface area (Å²) in [5.74, 6) is 0.305. The van der Waals surface area contributed by atoms with Crippen LogP contribution < -0.4 is 4.74 Å². The largest absolute Gasteiger partial charge is 0.489 e. The molecule has 5 atom stereocenters. The average Bonchev–Trinajstić information content (AvgIpc) is 3.00. The van der Waals surface area contributed by atoms with Crippen molar-refractivity contribution in [3.63, 3.8) is 0 Å². The summed E-state index contributed by atoms with van der Waals surface area (Å²) in [5, 5.41) is 31.6. The molecule has 0 aromatic heterocycles. The van der Waals surface area contributed by atoms with Gasteiger partial charge in [0.2, 0.25) is 0 Å². The second-order valence-electron chi connectivity index (χ2n) is 9.89. The van der Waals surface area contributed by atoms with Crippen molar-refractivity contribution in [1.29, 1.82) is 0 Å². The number of hydrogen-bond donors (Lipinski definition) is 3. The zero-order chi connectivity index (χ0) is 20.9. The summed E-state index contributed by atoms with van der Waals surface area (Å²) in [6, 6.07) is 16.6. The highest BCUT2D eigenvalue weighted by atomic mass is 16.5. The first kappa shape index (κ1) is 20.0. The highest BCUT2D eigenvalue weighted by molar-refractivity contribution is 5.41. The maximum atomic E-state index is 10.7. The Morgan fingerprint density at radius 3 is 2.63 bits per heavy atom. The van der Waals surface area contributed by atoms with Crippen LogP contribution >= 0.6 is 0 Å². The first-order chi connectivity index (χ1) is 14.4. The molecule has 2 saturated carbocycles. The average molecular weight is 409 g/mol. The number of aryl methyl sites for hydroxylation is 1. The monoisotopic (exact) mass is 408 g/mol. The number of hydrogen-bond acceptors (Lipinski definition) is 4. The number of fused-ring (bicyclic) bond motifs is 5. The second-order valence-corrected chi connectivity index (χ2v) is 9.89. The lowest BCUT2D eigenvalue weighted by atomic mass is 9.51. The van der Waals surface area contributed by atoms with E-state index in [0.717, 1.165) is 30.6 Å². The Labute approximate surface area is 178 Å². The molecular formula is C26H32O4. The van der Waals surface area contributed by atoms with Crippen LogP contribution in [0.15, 0.2) is 48.5 Å². The predicted octanol–water partition coefficient (Wildman–Crippen LogP) is 4.02. The van der Waals surface area contributed by atoms with Gasteiger partial charge in [-0.3, -0.25) is 0 Å². The fourth-order valence-corrected chi connectivity index (χ4v) is 6.85. The van der Waals surface area contributed by atoms with Crippen LogP contribution in [0, 0.1) is 23.2 Å². The van der Waals surface area contributed by atoms with E-state index < -0.39 is 11.2 Å². The smallest absolute Gasteiger partial charge is 0.168 e. The first-order valence-electron chi connectivity index (χ1n) is 11.3. The fourth-order valence-electron chi connectivity index (χ4n) is 6.85. The maximum Gasteiger partial charge on any atom is 0.168 e. The van der Waals surface area contributed by atoms with Crippen molar-refractivity contribution in [2.45, 2.75) is 57.3 Å². The Hall–Kier alpha value is -1.88. The minimum atomic E-state index is -1.62. The van der Waals surface area contributed by atoms with Crippen LogP contribution in [0.4, 0.5) is 0 Å². The first-order valence-corrected chi connectivity index (χ1v) is 11.3. The minimum absolute atomic E-state index is 0.0585. The molecule has 0 heterocycles. The lowest BCUT2D eigenvalue weighted by Crippen LogP contribution is -2.54. The van der Waals surface area contributed by atoms with Crippen molar-refractivity contribution >= 4 is 0 Å². The van der Waals surface area contributed by atoms with E-state index in [0.29, 0.717) is 31.3 Å². The molecule has 2 fully saturated rings. The summed E-state index contributed by atoms with van der Waals surface area (Å²) < 4.78 is 6.04. The SMILES string of the molecule is C[C@]12CC(CO)[C@@H]3c4ccc(OCc5ccccc5)cc4CC[C@H]3[C@@H]1CCC2(O)O. The molecule has 4 nitrogen and oxygen atoms in total. The van der Waals surface area contributed by atoms with Gasteiger partial charge in [0.15, 0.2) is 5.79 Å². The van der Waals surface area contributed by atoms with Gasteiger partial charge in [-0.2, -0.15) is 0 Å². The van der Waals surface area contributed by atoms with E-state index in [2.05, 4.69) is 30.3 Å². The van der Waals surface area contributed by atoms with Crippen molar-refractivity contribution in [2.24, 2.45) is 23.2 Å². The normalized spacial score (nSPS) is 34.0. The Bertz CT molecular complexity index is 909. The quantitative estimate of drug-likeness (QED) is 0.669. The van der Waals surface area contributed by atoms with Crippen molar-refractivity contribution in [2.75, 3.05) is 6.61 Å². The summed E-state index contributed by atoms with van der Waals surface area (Å²) >= 11 is 0. The Morgan fingerprint density at radius 1 is 1.07 bits per heavy atom. The number of ether oxygens (including phenoxy) is 1. The Kier molecular flexibility index (Phi) is 4.92. The van der Waals surface area contributed by atoms with E-state index in [1.54, 1.807) is 0 Å². The van der Waals surface area contributed by atoms with Crippen molar-refractivity contribution in [1.82, 2.24) is 0 Å². The summed E-state index contributed by atoms with van der Waals surface area (Å²) in [6.45, 7) is 2.67. The standard InChI is InChI=1S/C26H32O4/c1-25-14-19(15-27)24-21-10-8-20(30-16-17-5-3-2-4-6-17)13-18(21)7-9-22(24)23(25)11-12-26(25,28)29/h2-6,8,10,13,19,22-24,27-29H,7,9,11-12,14-16H2,1H3/t19?,22-,23-,24+,25-/m0/s1. The molecule has 2 aromatic rings. The Balaban J connectivity index is 1.41. The lowest BCUT2D eigenvalue weighted by molar-refractivity contribution is -0.248. The van der Waals surface area contributed by atoms with Gasteiger partial charge in [-0.1, -0.05) is 43.3 Å². The number of aliphatic hydroxyl groups excluding tert-OH is 1. The molecule has 0 bridgehead atoms. The fraction of sp³-hybridized carbons (Fsp3) is 0.538. The number of aliphatic hydroxyl groups is 3. The molecular weight excluding hydrogens is 376 g/mol. The molecule has 4 heteroatoms. The Morgan fingerprint density at radius 2 is 1.87 bits per heavy atom. The highest BCUT2D eigenvalue weighted by Gasteiger charge is 2.63. The predicted molar refractivity (Wildman–Crippen MR) is 115 cm³/mol. The summed E-state index contributed by atoms with van der Waals surface area (Å²) in [6.07, 6.45) is 3.97. The molecule has 5 rings (SSSR count). The van der Waals surface area contributed by atoms with Crippen molar-refractivity contribution < 1.29 is 20.1 Å². The number of rotatable bonds is 4. The van der Waals surface area contributed by atoms with Crippen LogP contribution in [0.3, 0.4) is 0 Å². The zero-order valence-electron chi connectivity index (χ0n) is 17.6. The molecule has 0 aliphatic heterocycles. The second kappa shape index (κ2) is 7.37. The molecule has 3 N–H and O–H groups in total. The van der Waals surface area contributed by atoms with Crippen molar-refractivity contribution in [3.05, 3.63) is 65.2 Å². The molecule has 1 unspecified atom stereocenters. The van der Waals surface area contributed by atoms with E-state index in [1.807, 2.05) is 25.1 Å². The molecule has 2 aromatic carbocycles. The molecule has 30 heavy (non-hydrogen) atoms. The van der Waals surface area contributed by atoms with Gasteiger partial charge in [0.05, 0.1) is 0 Å². The van der Waals surface area contributed by atoms with Crippen molar-refractivity contribution in [3.8, 4) is 5.75 Å². The van der Waals surface area contributed by atoms with Gasteiger partial charge in [0.25, 0.3) is 0 Å². The molecule has 3 aliphatic carbocycles. The molecule has 160 valence electrons. The molecule has 0 saturated heterocycles. The van der Waals surface area contributed by atoms with E-state index in [4.69, 9.17) is 4.74 Å². The van der Waals surface area contributed by atoms with Crippen LogP contribution in [0.1, 0.15) is 55.2 Å². The van der Waals surface area contributed by atoms with Gasteiger partial charge in [-0.15, -0.1) is 0 Å². The third kappa shape index (κ3) is 3.08. The third-order valence-electron chi connectivity index (χ3n) is 8.41. The van der Waals surface area contributed by atoms with Crippen LogP contribution in [0.5, 0.6) is 5.75 Å². The van der Waals surface area contributed by atoms with E-state index in [9.17, 15) is 15.3 Å². The zero-order valence-corrected chi connectivity index (χ0v) is 17.6. The lowest BCUT2D eigenvalue weighted by Gasteiger charge is -2.54. The third-order valence-corrected chi connectivity index (χ3v) is 8.41. The van der Waals surface area contributed by atoms with Gasteiger partial charge >= 0.3 is 0 Å². The molecule has 3 aliphatic rings. The topological polar surface area (TPSA) is 69.9 Å². The van der Waals surface area contributed by atoms with E-state index >= 15 is 0 Å². The van der Waals surface area contributed by atoms with Crippen LogP contribution in [-0.2, 0) is 13.0 Å². The summed E-state index contributed by atoms with van der Waals surface area (Å²) in [7, 11) is 0. The highest BCUT2D eigenvalue weighted by Crippen LogP contribution is 2.65. The van der Waals surface area contributed by atoms with Crippen LogP contribution in [-0.4, -0.2) is 27.7 Å². The van der Waals surface area contributed by atoms with Gasteiger partial charge in [0.1, 0.15) is 12.4 Å². The van der Waals surface area contributed by atoms with Gasteiger partial charge in [-0.25, -0.2) is 0 Å². The minimum Gasteiger partial charge on any atom is -0.489 e. The van der Waals surface area contributed by atoms with Crippen LogP contribution in [0.2, 0.25) is 0 Å². The summed E-state index contributed by atoms with van der Waals surface area (Å²) in [4.78, 5) is 0. The number of benzene rings is 2. The van der Waals surface area contributed by atoms with Gasteiger partial charge in [0, 0.05) is 18.4 Å². The maximum absolute atomic E-state index is 10.7. The van der Waals surface area contributed by atoms with E-state index in [1.165, 1.54) is 11.1 Å². The molecule has 0 amide bonds.